The van der Waals surface area contributed by atoms with E-state index in [0.717, 1.165) is 31.2 Å². The molecule has 1 unspecified atom stereocenters. The summed E-state index contributed by atoms with van der Waals surface area (Å²) in [7, 11) is 0. The van der Waals surface area contributed by atoms with E-state index in [1.807, 2.05) is 31.2 Å². The van der Waals surface area contributed by atoms with Gasteiger partial charge in [-0.25, -0.2) is 0 Å². The third-order valence-corrected chi connectivity index (χ3v) is 7.36. The second kappa shape index (κ2) is 8.11. The van der Waals surface area contributed by atoms with Crippen molar-refractivity contribution in [2.75, 3.05) is 4.90 Å². The average molecular weight is 437 g/mol. The van der Waals surface area contributed by atoms with Gasteiger partial charge < -0.3 is 14.8 Å². The number of nitrogens with zero attached hydrogens (tertiary/aromatic N) is 1. The van der Waals surface area contributed by atoms with E-state index >= 15 is 0 Å². The van der Waals surface area contributed by atoms with Crippen LogP contribution in [0.5, 0.6) is 0 Å². The van der Waals surface area contributed by atoms with Crippen LogP contribution in [-0.4, -0.2) is 35.0 Å². The molecule has 1 aromatic heterocycles. The quantitative estimate of drug-likeness (QED) is 0.765. The van der Waals surface area contributed by atoms with Crippen LogP contribution in [0.4, 0.5) is 5.69 Å². The highest BCUT2D eigenvalue weighted by atomic mass is 16.4. The molecule has 1 aliphatic heterocycles. The first-order valence-corrected chi connectivity index (χ1v) is 11.4. The lowest BCUT2D eigenvalue weighted by molar-refractivity contribution is -0.143. The molecule has 1 saturated carbocycles. The Morgan fingerprint density at radius 3 is 2.50 bits per heavy atom. The molecule has 168 valence electrons. The normalized spacial score (nSPS) is 27.7. The van der Waals surface area contributed by atoms with Crippen LogP contribution < -0.4 is 10.2 Å². The maximum Gasteiger partial charge on any atom is 0.311 e. The van der Waals surface area contributed by atoms with Crippen molar-refractivity contribution in [1.29, 1.82) is 0 Å². The monoisotopic (exact) mass is 436 g/mol. The number of carboxylic acids is 1. The minimum absolute atomic E-state index is 0.100. The predicted molar refractivity (Wildman–Crippen MR) is 117 cm³/mol. The molecule has 1 saturated heterocycles. The molecule has 32 heavy (non-hydrogen) atoms. The number of hydrogen-bond donors (Lipinski definition) is 2. The molecule has 7 heteroatoms. The van der Waals surface area contributed by atoms with Gasteiger partial charge in [0, 0.05) is 29.6 Å². The number of hydrogen-bond acceptors (Lipinski definition) is 4. The van der Waals surface area contributed by atoms with Gasteiger partial charge in [0.25, 0.3) is 0 Å². The molecule has 7 nitrogen and oxygen atoms in total. The van der Waals surface area contributed by atoms with Crippen molar-refractivity contribution in [3.8, 4) is 0 Å². The third-order valence-electron chi connectivity index (χ3n) is 7.36. The van der Waals surface area contributed by atoms with E-state index in [9.17, 15) is 19.5 Å². The third kappa shape index (κ3) is 3.40. The maximum absolute atomic E-state index is 13.7. The molecule has 0 radical (unpaired) electrons. The molecule has 2 amide bonds. The van der Waals surface area contributed by atoms with Gasteiger partial charge in [0.05, 0.1) is 18.1 Å². The summed E-state index contributed by atoms with van der Waals surface area (Å²) in [5.41, 5.74) is 2.22. The first kappa shape index (κ1) is 20.8. The summed E-state index contributed by atoms with van der Waals surface area (Å²) in [6.07, 6.45) is 7.05. The van der Waals surface area contributed by atoms with Crippen LogP contribution in [0.15, 0.2) is 41.0 Å². The second-order valence-corrected chi connectivity index (χ2v) is 9.34. The Hall–Kier alpha value is -3.09. The number of furan rings is 1. The Bertz CT molecular complexity index is 1040. The molecule has 0 bridgehead atoms. The van der Waals surface area contributed by atoms with Crippen molar-refractivity contribution in [2.24, 2.45) is 11.8 Å². The highest BCUT2D eigenvalue weighted by molar-refractivity contribution is 6.08. The SMILES string of the molecule is Cc1ccc(N2C(=O)C3[C@H](C(=O)O)c4ccoc4C[C@H]3[C@H]2C(=O)NC2CCCCC2)cc1. The van der Waals surface area contributed by atoms with E-state index in [1.54, 1.807) is 6.07 Å². The van der Waals surface area contributed by atoms with Gasteiger partial charge >= 0.3 is 5.97 Å². The lowest BCUT2D eigenvalue weighted by atomic mass is 9.70. The van der Waals surface area contributed by atoms with Crippen LogP contribution in [-0.2, 0) is 20.8 Å². The van der Waals surface area contributed by atoms with E-state index in [2.05, 4.69) is 5.32 Å². The number of carbonyl (C=O) groups excluding carboxylic acids is 2. The second-order valence-electron chi connectivity index (χ2n) is 9.34. The minimum Gasteiger partial charge on any atom is -0.481 e. The highest BCUT2D eigenvalue weighted by Gasteiger charge is 2.59. The number of rotatable bonds is 4. The molecule has 2 aliphatic carbocycles. The van der Waals surface area contributed by atoms with Gasteiger partial charge in [0.2, 0.25) is 11.8 Å². The Labute approximate surface area is 186 Å². The first-order valence-electron chi connectivity index (χ1n) is 11.4. The van der Waals surface area contributed by atoms with E-state index in [0.29, 0.717) is 23.4 Å². The van der Waals surface area contributed by atoms with Gasteiger partial charge in [-0.2, -0.15) is 0 Å². The summed E-state index contributed by atoms with van der Waals surface area (Å²) < 4.78 is 5.59. The number of aliphatic carboxylic acids is 1. The molecule has 4 atom stereocenters. The van der Waals surface area contributed by atoms with Crippen molar-refractivity contribution < 1.29 is 23.9 Å². The summed E-state index contributed by atoms with van der Waals surface area (Å²) in [6.45, 7) is 1.96. The number of nitrogens with one attached hydrogen (secondary N) is 1. The van der Waals surface area contributed by atoms with Crippen LogP contribution in [0.1, 0.15) is 54.9 Å². The van der Waals surface area contributed by atoms with Gasteiger partial charge in [0.15, 0.2) is 0 Å². The van der Waals surface area contributed by atoms with Crippen molar-refractivity contribution >= 4 is 23.5 Å². The standard InChI is InChI=1S/C25H28N2O5/c1-14-7-9-16(10-8-14)27-22(23(28)26-15-5-3-2-4-6-15)18-13-19-17(11-12-32-19)21(25(30)31)20(18)24(27)29/h7-12,15,18,20-22H,2-6,13H2,1H3,(H,26,28)(H,30,31)/t18-,20?,21-,22+/m1/s1. The molecule has 0 spiro atoms. The van der Waals surface area contributed by atoms with Crippen LogP contribution in [0.3, 0.4) is 0 Å². The van der Waals surface area contributed by atoms with Gasteiger partial charge in [-0.15, -0.1) is 0 Å². The first-order chi connectivity index (χ1) is 15.5. The Morgan fingerprint density at radius 2 is 1.81 bits per heavy atom. The van der Waals surface area contributed by atoms with Crippen LogP contribution in [0, 0.1) is 18.8 Å². The van der Waals surface area contributed by atoms with E-state index in [1.165, 1.54) is 17.6 Å². The number of amides is 2. The lowest BCUT2D eigenvalue weighted by Gasteiger charge is -2.32. The van der Waals surface area contributed by atoms with Gasteiger partial charge in [0.1, 0.15) is 11.8 Å². The van der Waals surface area contributed by atoms with Gasteiger partial charge in [-0.05, 0) is 38.0 Å². The van der Waals surface area contributed by atoms with Crippen LogP contribution in [0.2, 0.25) is 0 Å². The molecule has 3 aliphatic rings. The Kier molecular flexibility index (Phi) is 5.27. The number of aryl methyl sites for hydroxylation is 1. The zero-order valence-electron chi connectivity index (χ0n) is 18.1. The van der Waals surface area contributed by atoms with Crippen LogP contribution in [0.25, 0.3) is 0 Å². The molecular formula is C25H28N2O5. The number of carboxylic acid groups (broad SMARTS) is 1. The van der Waals surface area contributed by atoms with Gasteiger partial charge in [-0.1, -0.05) is 37.0 Å². The molecule has 2 heterocycles. The van der Waals surface area contributed by atoms with E-state index in [-0.39, 0.29) is 17.9 Å². The summed E-state index contributed by atoms with van der Waals surface area (Å²) in [6, 6.07) is 8.44. The smallest absolute Gasteiger partial charge is 0.311 e. The largest absolute Gasteiger partial charge is 0.481 e. The lowest BCUT2D eigenvalue weighted by Crippen LogP contribution is -2.51. The Morgan fingerprint density at radius 1 is 1.09 bits per heavy atom. The predicted octanol–water partition coefficient (Wildman–Crippen LogP) is 3.41. The van der Waals surface area contributed by atoms with E-state index < -0.39 is 29.8 Å². The summed E-state index contributed by atoms with van der Waals surface area (Å²) >= 11 is 0. The fraction of sp³-hybridized carbons (Fsp3) is 0.480. The number of benzene rings is 1. The fourth-order valence-corrected chi connectivity index (χ4v) is 5.82. The summed E-state index contributed by atoms with van der Waals surface area (Å²) in [5.74, 6) is -3.29. The topological polar surface area (TPSA) is 99.8 Å². The van der Waals surface area contributed by atoms with Crippen molar-refractivity contribution in [3.05, 3.63) is 53.5 Å². The van der Waals surface area contributed by atoms with E-state index in [4.69, 9.17) is 4.42 Å². The van der Waals surface area contributed by atoms with Crippen molar-refractivity contribution in [1.82, 2.24) is 5.32 Å². The average Bonchev–Trinajstić information content (AvgIpc) is 3.35. The highest BCUT2D eigenvalue weighted by Crippen LogP contribution is 2.49. The Balaban J connectivity index is 1.55. The molecule has 5 rings (SSSR count). The molecule has 2 aromatic rings. The molecular weight excluding hydrogens is 408 g/mol. The van der Waals surface area contributed by atoms with Gasteiger partial charge in [-0.3, -0.25) is 19.3 Å². The molecule has 2 N–H and O–H groups in total. The fourth-order valence-electron chi connectivity index (χ4n) is 5.82. The van der Waals surface area contributed by atoms with Crippen molar-refractivity contribution in [3.63, 3.8) is 0 Å². The number of carbonyl (C=O) groups is 3. The zero-order valence-corrected chi connectivity index (χ0v) is 18.1. The summed E-state index contributed by atoms with van der Waals surface area (Å²) in [4.78, 5) is 41.1. The number of fused-ring (bicyclic) bond motifs is 2. The van der Waals surface area contributed by atoms with Crippen LogP contribution >= 0.6 is 0 Å². The molecule has 2 fully saturated rings. The maximum atomic E-state index is 13.7. The zero-order chi connectivity index (χ0) is 22.4. The summed E-state index contributed by atoms with van der Waals surface area (Å²) in [5, 5.41) is 13.2. The number of anilines is 1. The minimum atomic E-state index is -1.06. The molecule has 1 aromatic carbocycles. The van der Waals surface area contributed by atoms with Crippen molar-refractivity contribution in [2.45, 2.75) is 63.5 Å².